The largest absolute Gasteiger partial charge is 0.492 e. The predicted molar refractivity (Wildman–Crippen MR) is 121 cm³/mol. The first-order valence-corrected chi connectivity index (χ1v) is 10.1. The first-order chi connectivity index (χ1) is 15.5. The first-order valence-electron chi connectivity index (χ1n) is 10.1. The van der Waals surface area contributed by atoms with Crippen LogP contribution >= 0.6 is 0 Å². The zero-order chi connectivity index (χ0) is 24.6. The minimum absolute atomic E-state index is 0.0906. The van der Waals surface area contributed by atoms with Crippen LogP contribution in [0, 0.1) is 28.0 Å². The minimum atomic E-state index is -1.26. The molecule has 2 rings (SSSR count). The molecule has 0 spiro atoms. The molecule has 0 fully saturated rings. The van der Waals surface area contributed by atoms with Gasteiger partial charge in [0.15, 0.2) is 0 Å². The van der Waals surface area contributed by atoms with Crippen LogP contribution in [0.2, 0.25) is 0 Å². The van der Waals surface area contributed by atoms with E-state index in [4.69, 9.17) is 10.1 Å². The van der Waals surface area contributed by atoms with Crippen LogP contribution < -0.4 is 15.0 Å². The van der Waals surface area contributed by atoms with Crippen LogP contribution in [0.15, 0.2) is 54.2 Å². The summed E-state index contributed by atoms with van der Waals surface area (Å²) in [7, 11) is 0. The molecule has 2 aromatic carbocycles. The van der Waals surface area contributed by atoms with Crippen molar-refractivity contribution in [3.63, 3.8) is 0 Å². The lowest BCUT2D eigenvalue weighted by Gasteiger charge is -2.23. The Morgan fingerprint density at radius 3 is 2.45 bits per heavy atom. The maximum absolute atomic E-state index is 13.1. The van der Waals surface area contributed by atoms with Crippen molar-refractivity contribution >= 4 is 29.5 Å². The summed E-state index contributed by atoms with van der Waals surface area (Å²) in [5, 5.41) is 28.0. The van der Waals surface area contributed by atoms with Gasteiger partial charge in [0, 0.05) is 24.0 Å². The van der Waals surface area contributed by atoms with E-state index in [9.17, 15) is 24.3 Å². The Balaban J connectivity index is 2.35. The number of benzene rings is 2. The first kappa shape index (κ1) is 25.2. The fraction of sp³-hybridized carbons (Fsp3) is 0.250. The predicted octanol–water partition coefficient (Wildman–Crippen LogP) is 2.97. The molecule has 0 aliphatic rings. The van der Waals surface area contributed by atoms with Gasteiger partial charge in [-0.3, -0.25) is 19.8 Å². The highest BCUT2D eigenvalue weighted by Gasteiger charge is 2.24. The molecule has 4 N–H and O–H groups in total. The van der Waals surface area contributed by atoms with Crippen molar-refractivity contribution < 1.29 is 29.1 Å². The van der Waals surface area contributed by atoms with Gasteiger partial charge in [-0.05, 0) is 35.7 Å². The van der Waals surface area contributed by atoms with Crippen molar-refractivity contribution in [2.24, 2.45) is 5.41 Å². The number of quaternary nitrogens is 1. The summed E-state index contributed by atoms with van der Waals surface area (Å²) in [5.74, 6) is -2.08. The van der Waals surface area contributed by atoms with Crippen molar-refractivity contribution in [3.8, 4) is 11.8 Å². The quantitative estimate of drug-likeness (QED) is 0.305. The number of carbonyl (C=O) groups excluding carboxylic acids is 1. The second-order valence-electron chi connectivity index (χ2n) is 8.41. The van der Waals surface area contributed by atoms with Crippen LogP contribution in [-0.2, 0) is 9.59 Å². The number of aliphatic carboxylic acids is 1. The number of nitrogens with two attached hydrogens (primary N) is 1. The standard InChI is InChI=1S/C24H25FN4O4/c1-24(2,3)15-33-21-9-8-20(10-16(21)11-26)29(14-22(30)31)23(32)17(12-27)13-28-19-6-4-18(25)5-7-19/h4-10,12-13,27-28H,14-15H2,1-3H3,(H,30,31)/p+1/b17-13+,27-12?. The van der Waals surface area contributed by atoms with E-state index in [1.165, 1.54) is 54.0 Å². The second kappa shape index (κ2) is 11.0. The van der Waals surface area contributed by atoms with E-state index in [1.807, 2.05) is 26.8 Å². The SMILES string of the molecule is CC(C)(C)COc1ccc(N(CC(=O)O)C(=O)/C(C=N)=C/[NH2+]c2ccc(F)cc2)cc1C#N. The second-order valence-corrected chi connectivity index (χ2v) is 8.41. The molecule has 2 aromatic rings. The van der Waals surface area contributed by atoms with Crippen molar-refractivity contribution in [2.45, 2.75) is 20.8 Å². The normalized spacial score (nSPS) is 11.4. The molecule has 172 valence electrons. The van der Waals surface area contributed by atoms with E-state index in [1.54, 1.807) is 0 Å². The fourth-order valence-electron chi connectivity index (χ4n) is 2.71. The Hall–Kier alpha value is -4.03. The molecule has 0 saturated heterocycles. The fourth-order valence-corrected chi connectivity index (χ4v) is 2.71. The summed E-state index contributed by atoms with van der Waals surface area (Å²) in [6.07, 6.45) is 2.16. The van der Waals surface area contributed by atoms with E-state index in [2.05, 4.69) is 0 Å². The molecule has 0 aliphatic heterocycles. The summed E-state index contributed by atoms with van der Waals surface area (Å²) >= 11 is 0. The lowest BCUT2D eigenvalue weighted by molar-refractivity contribution is -0.496. The van der Waals surface area contributed by atoms with Crippen LogP contribution in [0.25, 0.3) is 0 Å². The van der Waals surface area contributed by atoms with Crippen LogP contribution in [0.4, 0.5) is 15.8 Å². The molecular weight excluding hydrogens is 427 g/mol. The van der Waals surface area contributed by atoms with Gasteiger partial charge in [0.1, 0.15) is 41.6 Å². The third-order valence-corrected chi connectivity index (χ3v) is 4.32. The topological polar surface area (TPSA) is 131 Å². The minimum Gasteiger partial charge on any atom is -0.492 e. The van der Waals surface area contributed by atoms with Gasteiger partial charge in [-0.1, -0.05) is 20.8 Å². The number of hydrogen-bond acceptors (Lipinski definition) is 5. The Morgan fingerprint density at radius 1 is 1.24 bits per heavy atom. The molecule has 0 heterocycles. The van der Waals surface area contributed by atoms with Gasteiger partial charge >= 0.3 is 5.97 Å². The third kappa shape index (κ3) is 7.55. The van der Waals surface area contributed by atoms with E-state index in [-0.39, 0.29) is 22.2 Å². The smallest absolute Gasteiger partial charge is 0.323 e. The van der Waals surface area contributed by atoms with E-state index >= 15 is 0 Å². The number of ether oxygens (including phenoxy) is 1. The van der Waals surface area contributed by atoms with Crippen LogP contribution in [0.3, 0.4) is 0 Å². The van der Waals surface area contributed by atoms with Crippen molar-refractivity contribution in [1.29, 1.82) is 10.7 Å². The van der Waals surface area contributed by atoms with E-state index < -0.39 is 24.2 Å². The van der Waals surface area contributed by atoms with Gasteiger partial charge in [0.2, 0.25) is 0 Å². The molecule has 0 aliphatic carbocycles. The summed E-state index contributed by atoms with van der Waals surface area (Å²) < 4.78 is 18.8. The monoisotopic (exact) mass is 453 g/mol. The molecule has 1 amide bonds. The summed E-state index contributed by atoms with van der Waals surface area (Å²) in [5.41, 5.74) is 0.698. The van der Waals surface area contributed by atoms with Crippen molar-refractivity contribution in [3.05, 3.63) is 65.6 Å². The van der Waals surface area contributed by atoms with Crippen LogP contribution in [-0.4, -0.2) is 36.3 Å². The number of amides is 1. The number of nitriles is 1. The average Bonchev–Trinajstić information content (AvgIpc) is 2.76. The highest BCUT2D eigenvalue weighted by atomic mass is 19.1. The van der Waals surface area contributed by atoms with E-state index in [0.29, 0.717) is 18.0 Å². The third-order valence-electron chi connectivity index (χ3n) is 4.32. The van der Waals surface area contributed by atoms with Gasteiger partial charge in [0.25, 0.3) is 5.91 Å². The lowest BCUT2D eigenvalue weighted by atomic mass is 9.98. The van der Waals surface area contributed by atoms with Crippen molar-refractivity contribution in [2.75, 3.05) is 18.1 Å². The lowest BCUT2D eigenvalue weighted by Crippen LogP contribution is -2.71. The summed E-state index contributed by atoms with van der Waals surface area (Å²) in [6.45, 7) is 5.63. The van der Waals surface area contributed by atoms with Crippen LogP contribution in [0.5, 0.6) is 5.75 Å². The average molecular weight is 453 g/mol. The van der Waals surface area contributed by atoms with Gasteiger partial charge in [0.05, 0.1) is 12.2 Å². The number of rotatable bonds is 9. The highest BCUT2D eigenvalue weighted by molar-refractivity contribution is 6.19. The maximum Gasteiger partial charge on any atom is 0.323 e. The zero-order valence-electron chi connectivity index (χ0n) is 18.6. The zero-order valence-corrected chi connectivity index (χ0v) is 18.6. The van der Waals surface area contributed by atoms with Gasteiger partial charge in [-0.15, -0.1) is 0 Å². The number of carboxylic acids is 1. The Morgan fingerprint density at radius 2 is 1.91 bits per heavy atom. The van der Waals surface area contributed by atoms with Crippen molar-refractivity contribution in [1.82, 2.24) is 0 Å². The molecule has 0 atom stereocenters. The summed E-state index contributed by atoms with van der Waals surface area (Å²) in [4.78, 5) is 25.5. The van der Waals surface area contributed by atoms with E-state index in [0.717, 1.165) is 11.1 Å². The number of carbonyl (C=O) groups is 2. The van der Waals surface area contributed by atoms with Crippen LogP contribution in [0.1, 0.15) is 26.3 Å². The summed E-state index contributed by atoms with van der Waals surface area (Å²) in [6, 6.07) is 11.9. The molecule has 8 nitrogen and oxygen atoms in total. The molecule has 33 heavy (non-hydrogen) atoms. The molecule has 9 heteroatoms. The Labute approximate surface area is 191 Å². The Bertz CT molecular complexity index is 1100. The number of hydrogen-bond donors (Lipinski definition) is 3. The maximum atomic E-state index is 13.1. The molecule has 0 aromatic heterocycles. The van der Waals surface area contributed by atoms with Gasteiger partial charge in [-0.25, -0.2) is 4.39 Å². The molecular formula is C24H26FN4O4+. The highest BCUT2D eigenvalue weighted by Crippen LogP contribution is 2.27. The number of anilines is 1. The van der Waals surface area contributed by atoms with Gasteiger partial charge < -0.3 is 15.3 Å². The Kier molecular flexibility index (Phi) is 8.42. The molecule has 0 bridgehead atoms. The van der Waals surface area contributed by atoms with Gasteiger partial charge in [-0.2, -0.15) is 5.26 Å². The molecule has 0 radical (unpaired) electrons. The number of halogens is 1. The number of carboxylic acid groups (broad SMARTS) is 1. The number of nitrogens with zero attached hydrogens (tertiary/aromatic N) is 2. The number of nitrogens with one attached hydrogen (secondary N) is 1. The molecule has 0 saturated carbocycles. The molecule has 0 unspecified atom stereocenters.